The lowest BCUT2D eigenvalue weighted by molar-refractivity contribution is 0.0697. The fourth-order valence-corrected chi connectivity index (χ4v) is 2.07. The molecule has 0 bridgehead atoms. The lowest BCUT2D eigenvalue weighted by atomic mass is 10.1. The molecule has 0 unspecified atom stereocenters. The second kappa shape index (κ2) is 4.00. The van der Waals surface area contributed by atoms with E-state index in [2.05, 4.69) is 11.5 Å². The van der Waals surface area contributed by atoms with Crippen molar-refractivity contribution in [2.24, 2.45) is 0 Å². The number of hydrogen-bond acceptors (Lipinski definition) is 2. The van der Waals surface area contributed by atoms with Crippen molar-refractivity contribution in [2.75, 3.05) is 18.0 Å². The number of rotatable bonds is 3. The van der Waals surface area contributed by atoms with Crippen LogP contribution in [0.3, 0.4) is 0 Å². The van der Waals surface area contributed by atoms with Gasteiger partial charge in [0.2, 0.25) is 0 Å². The van der Waals surface area contributed by atoms with E-state index in [9.17, 15) is 4.79 Å². The first-order valence-electron chi connectivity index (χ1n) is 5.33. The van der Waals surface area contributed by atoms with Crippen LogP contribution in [0.15, 0.2) is 30.4 Å². The van der Waals surface area contributed by atoms with Crippen LogP contribution >= 0.6 is 0 Å². The number of carboxylic acids is 1. The molecule has 0 spiro atoms. The van der Waals surface area contributed by atoms with E-state index in [0.29, 0.717) is 5.56 Å². The molecule has 16 heavy (non-hydrogen) atoms. The van der Waals surface area contributed by atoms with Crippen LogP contribution in [0.4, 0.5) is 5.69 Å². The Kier molecular flexibility index (Phi) is 2.69. The summed E-state index contributed by atoms with van der Waals surface area (Å²) in [4.78, 5) is 13.1. The lowest BCUT2D eigenvalue weighted by Crippen LogP contribution is -2.22. The molecule has 1 N–H and O–H groups in total. The molecule has 0 aliphatic carbocycles. The van der Waals surface area contributed by atoms with Crippen molar-refractivity contribution in [1.29, 1.82) is 0 Å². The van der Waals surface area contributed by atoms with Crippen molar-refractivity contribution < 1.29 is 9.90 Å². The van der Waals surface area contributed by atoms with Gasteiger partial charge in [0, 0.05) is 18.8 Å². The quantitative estimate of drug-likeness (QED) is 0.790. The van der Waals surface area contributed by atoms with Gasteiger partial charge in [0.15, 0.2) is 0 Å². The Balaban J connectivity index is 2.33. The normalized spacial score (nSPS) is 13.7. The number of fused-ring (bicyclic) bond motifs is 1. The van der Waals surface area contributed by atoms with Gasteiger partial charge in [0.05, 0.1) is 5.56 Å². The van der Waals surface area contributed by atoms with Gasteiger partial charge in [0.1, 0.15) is 0 Å². The number of carbonyl (C=O) groups is 1. The molecule has 0 radical (unpaired) electrons. The third-order valence-corrected chi connectivity index (χ3v) is 2.78. The van der Waals surface area contributed by atoms with Gasteiger partial charge < -0.3 is 10.0 Å². The van der Waals surface area contributed by atoms with E-state index in [4.69, 9.17) is 5.11 Å². The molecule has 1 aromatic carbocycles. The fraction of sp³-hybridized carbons (Fsp3) is 0.308. The Morgan fingerprint density at radius 3 is 2.94 bits per heavy atom. The van der Waals surface area contributed by atoms with E-state index in [-0.39, 0.29) is 0 Å². The van der Waals surface area contributed by atoms with Crippen molar-refractivity contribution >= 4 is 11.7 Å². The zero-order valence-electron chi connectivity index (χ0n) is 9.36. The third-order valence-electron chi connectivity index (χ3n) is 2.78. The monoisotopic (exact) mass is 217 g/mol. The van der Waals surface area contributed by atoms with Crippen LogP contribution in [-0.4, -0.2) is 24.2 Å². The van der Waals surface area contributed by atoms with E-state index in [0.717, 1.165) is 30.8 Å². The zero-order chi connectivity index (χ0) is 11.7. The van der Waals surface area contributed by atoms with Crippen LogP contribution < -0.4 is 4.90 Å². The van der Waals surface area contributed by atoms with Crippen molar-refractivity contribution in [3.63, 3.8) is 0 Å². The minimum atomic E-state index is -0.870. The summed E-state index contributed by atoms with van der Waals surface area (Å²) >= 11 is 0. The highest BCUT2D eigenvalue weighted by Gasteiger charge is 2.20. The molecule has 1 aliphatic heterocycles. The standard InChI is InChI=1S/C13H15NO2/c1-9(2)8-14-6-5-10-3-4-11(13(15)16)7-12(10)14/h3-4,7H,1,5-6,8H2,2H3,(H,15,16). The number of hydrogen-bond donors (Lipinski definition) is 1. The summed E-state index contributed by atoms with van der Waals surface area (Å²) in [5.74, 6) is -0.870. The van der Waals surface area contributed by atoms with Crippen LogP contribution in [0.2, 0.25) is 0 Å². The van der Waals surface area contributed by atoms with Crippen molar-refractivity contribution in [3.05, 3.63) is 41.5 Å². The highest BCUT2D eigenvalue weighted by Crippen LogP contribution is 2.29. The smallest absolute Gasteiger partial charge is 0.335 e. The topological polar surface area (TPSA) is 40.5 Å². The minimum Gasteiger partial charge on any atom is -0.478 e. The Bertz CT molecular complexity index is 451. The summed E-state index contributed by atoms with van der Waals surface area (Å²) in [5.41, 5.74) is 3.72. The molecule has 0 saturated heterocycles. The molecule has 2 rings (SSSR count). The summed E-state index contributed by atoms with van der Waals surface area (Å²) in [6.45, 7) is 7.63. The Hall–Kier alpha value is -1.77. The minimum absolute atomic E-state index is 0.354. The Labute approximate surface area is 95.0 Å². The second-order valence-corrected chi connectivity index (χ2v) is 4.28. The molecule has 1 aliphatic rings. The number of aromatic carboxylic acids is 1. The van der Waals surface area contributed by atoms with E-state index < -0.39 is 5.97 Å². The number of benzene rings is 1. The predicted molar refractivity (Wildman–Crippen MR) is 64.1 cm³/mol. The second-order valence-electron chi connectivity index (χ2n) is 4.28. The SMILES string of the molecule is C=C(C)CN1CCc2ccc(C(=O)O)cc21. The van der Waals surface area contributed by atoms with E-state index in [1.807, 2.05) is 13.0 Å². The zero-order valence-corrected chi connectivity index (χ0v) is 9.36. The Morgan fingerprint density at radius 1 is 1.56 bits per heavy atom. The summed E-state index contributed by atoms with van der Waals surface area (Å²) in [6, 6.07) is 5.34. The summed E-state index contributed by atoms with van der Waals surface area (Å²) in [6.07, 6.45) is 0.989. The summed E-state index contributed by atoms with van der Waals surface area (Å²) < 4.78 is 0. The van der Waals surface area contributed by atoms with Crippen LogP contribution in [0.1, 0.15) is 22.8 Å². The third kappa shape index (κ3) is 1.94. The predicted octanol–water partition coefficient (Wildman–Crippen LogP) is 2.32. The van der Waals surface area contributed by atoms with Gasteiger partial charge in [-0.15, -0.1) is 0 Å². The van der Waals surface area contributed by atoms with Gasteiger partial charge in [-0.2, -0.15) is 0 Å². The van der Waals surface area contributed by atoms with E-state index in [1.54, 1.807) is 12.1 Å². The summed E-state index contributed by atoms with van der Waals surface area (Å²) in [5, 5.41) is 8.95. The maximum Gasteiger partial charge on any atom is 0.335 e. The molecular weight excluding hydrogens is 202 g/mol. The molecule has 0 atom stereocenters. The number of carboxylic acid groups (broad SMARTS) is 1. The fourth-order valence-electron chi connectivity index (χ4n) is 2.07. The molecule has 3 nitrogen and oxygen atoms in total. The first-order chi connectivity index (χ1) is 7.58. The molecule has 0 amide bonds. The average molecular weight is 217 g/mol. The number of nitrogens with zero attached hydrogens (tertiary/aromatic N) is 1. The maximum absolute atomic E-state index is 10.9. The number of anilines is 1. The van der Waals surface area contributed by atoms with Crippen molar-refractivity contribution in [2.45, 2.75) is 13.3 Å². The van der Waals surface area contributed by atoms with Gasteiger partial charge in [0.25, 0.3) is 0 Å². The Morgan fingerprint density at radius 2 is 2.31 bits per heavy atom. The first kappa shape index (κ1) is 10.7. The molecule has 84 valence electrons. The molecular formula is C13H15NO2. The molecule has 0 saturated carbocycles. The highest BCUT2D eigenvalue weighted by atomic mass is 16.4. The highest BCUT2D eigenvalue weighted by molar-refractivity contribution is 5.89. The van der Waals surface area contributed by atoms with Crippen molar-refractivity contribution in [3.8, 4) is 0 Å². The largest absolute Gasteiger partial charge is 0.478 e. The molecule has 0 fully saturated rings. The lowest BCUT2D eigenvalue weighted by Gasteiger charge is -2.19. The molecule has 0 aromatic heterocycles. The van der Waals surface area contributed by atoms with Gasteiger partial charge >= 0.3 is 5.97 Å². The van der Waals surface area contributed by atoms with Crippen LogP contribution in [0.5, 0.6) is 0 Å². The average Bonchev–Trinajstić information content (AvgIpc) is 2.60. The van der Waals surface area contributed by atoms with Crippen LogP contribution in [-0.2, 0) is 6.42 Å². The van der Waals surface area contributed by atoms with Gasteiger partial charge in [-0.05, 0) is 31.0 Å². The van der Waals surface area contributed by atoms with E-state index >= 15 is 0 Å². The van der Waals surface area contributed by atoms with E-state index in [1.165, 1.54) is 5.56 Å². The first-order valence-corrected chi connectivity index (χ1v) is 5.33. The summed E-state index contributed by atoms with van der Waals surface area (Å²) in [7, 11) is 0. The molecule has 1 aromatic rings. The van der Waals surface area contributed by atoms with Crippen LogP contribution in [0, 0.1) is 0 Å². The maximum atomic E-state index is 10.9. The van der Waals surface area contributed by atoms with Crippen LogP contribution in [0.25, 0.3) is 0 Å². The van der Waals surface area contributed by atoms with Gasteiger partial charge in [-0.25, -0.2) is 4.79 Å². The van der Waals surface area contributed by atoms with Crippen molar-refractivity contribution in [1.82, 2.24) is 0 Å². The molecule has 3 heteroatoms. The van der Waals surface area contributed by atoms with Gasteiger partial charge in [-0.1, -0.05) is 18.2 Å². The molecule has 1 heterocycles. The van der Waals surface area contributed by atoms with Gasteiger partial charge in [-0.3, -0.25) is 0 Å².